The largest absolute Gasteiger partial charge is 0.467 e. The highest BCUT2D eigenvalue weighted by Gasteiger charge is 2.38. The van der Waals surface area contributed by atoms with Gasteiger partial charge in [0.1, 0.15) is 6.67 Å². The van der Waals surface area contributed by atoms with Gasteiger partial charge in [-0.3, -0.25) is 9.98 Å². The predicted molar refractivity (Wildman–Crippen MR) is 103 cm³/mol. The zero-order chi connectivity index (χ0) is 18.7. The summed E-state index contributed by atoms with van der Waals surface area (Å²) in [6.07, 6.45) is 4.03. The summed E-state index contributed by atoms with van der Waals surface area (Å²) in [7, 11) is 1.25. The summed E-state index contributed by atoms with van der Waals surface area (Å²) in [6, 6.07) is 19.0. The Morgan fingerprint density at radius 2 is 1.62 bits per heavy atom. The lowest BCUT2D eigenvalue weighted by atomic mass is 9.95. The molecule has 0 fully saturated rings. The van der Waals surface area contributed by atoms with E-state index in [1.165, 1.54) is 13.3 Å². The van der Waals surface area contributed by atoms with Gasteiger partial charge in [0.25, 0.3) is 0 Å². The Bertz CT molecular complexity index is 732. The summed E-state index contributed by atoms with van der Waals surface area (Å²) in [5.74, 6) is -0.667. The highest BCUT2D eigenvalue weighted by molar-refractivity contribution is 5.87. The number of carbonyl (C=O) groups is 1. The number of aliphatic imine (C=N–C) groups is 2. The molecule has 1 unspecified atom stereocenters. The summed E-state index contributed by atoms with van der Waals surface area (Å²) >= 11 is 0. The first-order valence-corrected chi connectivity index (χ1v) is 8.50. The quantitative estimate of drug-likeness (QED) is 0.390. The molecule has 0 aliphatic rings. The van der Waals surface area contributed by atoms with Crippen molar-refractivity contribution in [2.75, 3.05) is 20.3 Å². The zero-order valence-electron chi connectivity index (χ0n) is 14.8. The maximum atomic E-state index is 13.8. The van der Waals surface area contributed by atoms with Crippen LogP contribution in [0.25, 0.3) is 0 Å². The zero-order valence-corrected chi connectivity index (χ0v) is 14.8. The van der Waals surface area contributed by atoms with Crippen LogP contribution in [-0.2, 0) is 9.53 Å². The van der Waals surface area contributed by atoms with Crippen LogP contribution < -0.4 is 0 Å². The number of hydrogen-bond acceptors (Lipinski definition) is 4. The van der Waals surface area contributed by atoms with Crippen LogP contribution in [0, 0.1) is 0 Å². The van der Waals surface area contributed by atoms with Crippen molar-refractivity contribution < 1.29 is 13.9 Å². The minimum Gasteiger partial charge on any atom is -0.467 e. The molecule has 0 saturated carbocycles. The third kappa shape index (κ3) is 5.62. The first-order chi connectivity index (χ1) is 12.7. The Morgan fingerprint density at radius 1 is 1.04 bits per heavy atom. The second-order valence-corrected chi connectivity index (χ2v) is 5.88. The van der Waals surface area contributed by atoms with Crippen molar-refractivity contribution in [3.05, 3.63) is 71.8 Å². The van der Waals surface area contributed by atoms with Gasteiger partial charge in [0, 0.05) is 19.0 Å². The lowest BCUT2D eigenvalue weighted by molar-refractivity contribution is -0.147. The molecule has 0 N–H and O–H groups in total. The monoisotopic (exact) mass is 354 g/mol. The van der Waals surface area contributed by atoms with Crippen LogP contribution in [0.4, 0.5) is 4.39 Å². The fourth-order valence-electron chi connectivity index (χ4n) is 2.47. The van der Waals surface area contributed by atoms with Crippen molar-refractivity contribution in [3.8, 4) is 0 Å². The van der Waals surface area contributed by atoms with Gasteiger partial charge in [-0.05, 0) is 24.0 Å². The Morgan fingerprint density at radius 3 is 2.15 bits per heavy atom. The Labute approximate surface area is 153 Å². The molecule has 0 aliphatic heterocycles. The van der Waals surface area contributed by atoms with Crippen molar-refractivity contribution >= 4 is 18.4 Å². The standard InChI is InChI=1S/C21H23FN2O2/c1-26-20(25)21(17-22,24-16-19-11-6-3-7-12-19)13-8-14-23-15-18-9-4-2-5-10-18/h2-7,9-12,15-16H,8,13-14,17H2,1H3/b23-15+,24-16+. The molecule has 2 rings (SSSR count). The molecule has 0 bridgehead atoms. The molecular formula is C21H23FN2O2. The van der Waals surface area contributed by atoms with Gasteiger partial charge in [-0.25, -0.2) is 9.18 Å². The van der Waals surface area contributed by atoms with Crippen LogP contribution in [0.5, 0.6) is 0 Å². The average molecular weight is 354 g/mol. The summed E-state index contributed by atoms with van der Waals surface area (Å²) < 4.78 is 18.6. The maximum Gasteiger partial charge on any atom is 0.336 e. The third-order valence-electron chi connectivity index (χ3n) is 3.96. The maximum absolute atomic E-state index is 13.8. The molecular weight excluding hydrogens is 331 g/mol. The molecule has 1 atom stereocenters. The van der Waals surface area contributed by atoms with Gasteiger partial charge in [-0.15, -0.1) is 0 Å². The molecule has 26 heavy (non-hydrogen) atoms. The van der Waals surface area contributed by atoms with Crippen molar-refractivity contribution in [1.82, 2.24) is 0 Å². The van der Waals surface area contributed by atoms with Crippen LogP contribution in [0.15, 0.2) is 70.6 Å². The summed E-state index contributed by atoms with van der Waals surface area (Å²) in [5.41, 5.74) is 0.281. The first-order valence-electron chi connectivity index (χ1n) is 8.50. The van der Waals surface area contributed by atoms with E-state index in [9.17, 15) is 9.18 Å². The van der Waals surface area contributed by atoms with Crippen molar-refractivity contribution in [2.24, 2.45) is 9.98 Å². The second-order valence-electron chi connectivity index (χ2n) is 5.88. The van der Waals surface area contributed by atoms with Crippen LogP contribution in [0.2, 0.25) is 0 Å². The van der Waals surface area contributed by atoms with E-state index in [1.807, 2.05) is 60.7 Å². The molecule has 0 heterocycles. The number of alkyl halides is 1. The SMILES string of the molecule is COC(=O)C(CF)(CCC/N=C/c1ccccc1)/N=C/c1ccccc1. The van der Waals surface area contributed by atoms with E-state index in [4.69, 9.17) is 4.74 Å². The van der Waals surface area contributed by atoms with Crippen molar-refractivity contribution in [3.63, 3.8) is 0 Å². The molecule has 0 aromatic heterocycles. The molecule has 136 valence electrons. The molecule has 2 aromatic rings. The lowest BCUT2D eigenvalue weighted by Gasteiger charge is -2.23. The summed E-state index contributed by atoms with van der Waals surface area (Å²) in [5, 5.41) is 0. The summed E-state index contributed by atoms with van der Waals surface area (Å²) in [6.45, 7) is -0.431. The second kappa shape index (κ2) is 10.2. The molecule has 0 spiro atoms. The molecule has 0 saturated heterocycles. The van der Waals surface area contributed by atoms with Crippen LogP contribution >= 0.6 is 0 Å². The van der Waals surface area contributed by atoms with Gasteiger partial charge in [0.05, 0.1) is 7.11 Å². The highest BCUT2D eigenvalue weighted by Crippen LogP contribution is 2.22. The number of methoxy groups -OCH3 is 1. The first kappa shape index (κ1) is 19.5. The fraction of sp³-hybridized carbons (Fsp3) is 0.286. The minimum absolute atomic E-state index is 0.228. The van der Waals surface area contributed by atoms with E-state index < -0.39 is 18.2 Å². The van der Waals surface area contributed by atoms with Crippen LogP contribution in [-0.4, -0.2) is 44.3 Å². The number of halogens is 1. The normalized spacial score (nSPS) is 13.8. The van der Waals surface area contributed by atoms with Gasteiger partial charge in [-0.1, -0.05) is 60.7 Å². The Balaban J connectivity index is 2.01. The number of esters is 1. The van der Waals surface area contributed by atoms with Crippen LogP contribution in [0.3, 0.4) is 0 Å². The van der Waals surface area contributed by atoms with Gasteiger partial charge >= 0.3 is 5.97 Å². The van der Waals surface area contributed by atoms with E-state index >= 15 is 0 Å². The highest BCUT2D eigenvalue weighted by atomic mass is 19.1. The lowest BCUT2D eigenvalue weighted by Crippen LogP contribution is -2.40. The van der Waals surface area contributed by atoms with Gasteiger partial charge in [0.15, 0.2) is 5.54 Å². The molecule has 0 aliphatic carbocycles. The Hall–Kier alpha value is -2.82. The topological polar surface area (TPSA) is 51.0 Å². The number of nitrogens with zero attached hydrogens (tertiary/aromatic N) is 2. The number of ether oxygens (including phenoxy) is 1. The fourth-order valence-corrected chi connectivity index (χ4v) is 2.47. The predicted octanol–water partition coefficient (Wildman–Crippen LogP) is 3.89. The number of hydrogen-bond donors (Lipinski definition) is 0. The number of rotatable bonds is 9. The number of carbonyl (C=O) groups excluding carboxylic acids is 1. The van der Waals surface area contributed by atoms with E-state index in [-0.39, 0.29) is 6.42 Å². The Kier molecular flexibility index (Phi) is 7.68. The summed E-state index contributed by atoms with van der Waals surface area (Å²) in [4.78, 5) is 20.7. The smallest absolute Gasteiger partial charge is 0.336 e. The molecule has 0 radical (unpaired) electrons. The van der Waals surface area contributed by atoms with Crippen LogP contribution in [0.1, 0.15) is 24.0 Å². The minimum atomic E-state index is -1.52. The molecule has 4 nitrogen and oxygen atoms in total. The van der Waals surface area contributed by atoms with E-state index in [0.717, 1.165) is 11.1 Å². The van der Waals surface area contributed by atoms with Gasteiger partial charge < -0.3 is 4.74 Å². The van der Waals surface area contributed by atoms with Gasteiger partial charge in [-0.2, -0.15) is 0 Å². The van der Waals surface area contributed by atoms with Crippen molar-refractivity contribution in [2.45, 2.75) is 18.4 Å². The average Bonchev–Trinajstić information content (AvgIpc) is 2.71. The molecule has 2 aromatic carbocycles. The van der Waals surface area contributed by atoms with E-state index in [2.05, 4.69) is 9.98 Å². The van der Waals surface area contributed by atoms with Crippen molar-refractivity contribution in [1.29, 1.82) is 0 Å². The van der Waals surface area contributed by atoms with E-state index in [1.54, 1.807) is 6.21 Å². The molecule has 0 amide bonds. The molecule has 5 heteroatoms. The number of benzene rings is 2. The third-order valence-corrected chi connectivity index (χ3v) is 3.96. The van der Waals surface area contributed by atoms with E-state index in [0.29, 0.717) is 13.0 Å². The van der Waals surface area contributed by atoms with Gasteiger partial charge in [0.2, 0.25) is 0 Å².